The molecule has 0 spiro atoms. The van der Waals surface area contributed by atoms with Gasteiger partial charge in [0.25, 0.3) is 11.8 Å². The normalized spacial score (nSPS) is 10.7. The molecule has 10 heteroatoms. The molecule has 0 unspecified atom stereocenters. The van der Waals surface area contributed by atoms with Crippen LogP contribution in [0.1, 0.15) is 10.4 Å². The van der Waals surface area contributed by atoms with Crippen LogP contribution >= 0.6 is 0 Å². The summed E-state index contributed by atoms with van der Waals surface area (Å²) in [6.45, 7) is 0. The van der Waals surface area contributed by atoms with Crippen LogP contribution in [0.2, 0.25) is 0 Å². The fourth-order valence-electron chi connectivity index (χ4n) is 2.75. The molecule has 0 atom stereocenters. The van der Waals surface area contributed by atoms with Gasteiger partial charge in [-0.05, 0) is 24.3 Å². The fraction of sp³-hybridized carbons (Fsp3) is 0.100. The molecular formula is C20H18N8O2. The van der Waals surface area contributed by atoms with Crippen molar-refractivity contribution in [2.24, 2.45) is 0 Å². The lowest BCUT2D eigenvalue weighted by Crippen LogP contribution is -2.21. The first-order chi connectivity index (χ1) is 14.4. The Labute approximate surface area is 171 Å². The molecule has 0 radical (unpaired) electrons. The van der Waals surface area contributed by atoms with Crippen molar-refractivity contribution in [3.05, 3.63) is 54.4 Å². The number of aromatic nitrogens is 5. The van der Waals surface area contributed by atoms with Crippen molar-refractivity contribution >= 4 is 17.5 Å². The predicted octanol–water partition coefficient (Wildman–Crippen LogP) is 2.12. The standard InChI is InChI=1S/C20H18N8O2/c1-28(2)20(29)12-5-3-11(4-6-12)14-10-24-17(22)16(25-14)19-27-26-18(30-19)13-7-8-23-15(21)9-13/h3-10H,1-2H3,(H2,21,23)(H2,22,24). The van der Waals surface area contributed by atoms with Gasteiger partial charge in [-0.3, -0.25) is 4.79 Å². The molecule has 3 heterocycles. The Bertz CT molecular complexity index is 1220. The van der Waals surface area contributed by atoms with Gasteiger partial charge in [-0.15, -0.1) is 10.2 Å². The van der Waals surface area contributed by atoms with Gasteiger partial charge in [0.05, 0.1) is 11.9 Å². The van der Waals surface area contributed by atoms with Crippen molar-refractivity contribution in [2.75, 3.05) is 25.6 Å². The number of nitrogen functional groups attached to an aromatic ring is 2. The van der Waals surface area contributed by atoms with Crippen LogP contribution < -0.4 is 11.5 Å². The highest BCUT2D eigenvalue weighted by atomic mass is 16.4. The first-order valence-corrected chi connectivity index (χ1v) is 8.93. The molecule has 0 bridgehead atoms. The van der Waals surface area contributed by atoms with Gasteiger partial charge in [-0.1, -0.05) is 12.1 Å². The van der Waals surface area contributed by atoms with Crippen molar-refractivity contribution in [2.45, 2.75) is 0 Å². The fourth-order valence-corrected chi connectivity index (χ4v) is 2.75. The lowest BCUT2D eigenvalue weighted by atomic mass is 10.1. The number of hydrogen-bond donors (Lipinski definition) is 2. The van der Waals surface area contributed by atoms with Crippen molar-refractivity contribution in [1.82, 2.24) is 30.0 Å². The minimum Gasteiger partial charge on any atom is -0.414 e. The maximum absolute atomic E-state index is 12.1. The zero-order chi connectivity index (χ0) is 21.3. The Hall–Kier alpha value is -4.34. The molecule has 4 aromatic rings. The lowest BCUT2D eigenvalue weighted by molar-refractivity contribution is 0.0827. The predicted molar refractivity (Wildman–Crippen MR) is 111 cm³/mol. The molecule has 0 aliphatic rings. The third kappa shape index (κ3) is 3.65. The van der Waals surface area contributed by atoms with Crippen LogP contribution in [-0.2, 0) is 0 Å². The summed E-state index contributed by atoms with van der Waals surface area (Å²) in [5, 5.41) is 8.06. The van der Waals surface area contributed by atoms with Crippen molar-refractivity contribution in [1.29, 1.82) is 0 Å². The van der Waals surface area contributed by atoms with Gasteiger partial charge in [0.1, 0.15) is 5.82 Å². The number of hydrogen-bond acceptors (Lipinski definition) is 9. The number of pyridine rings is 1. The first kappa shape index (κ1) is 19.0. The lowest BCUT2D eigenvalue weighted by Gasteiger charge is -2.10. The summed E-state index contributed by atoms with van der Waals surface area (Å²) >= 11 is 0. The van der Waals surface area contributed by atoms with E-state index in [1.165, 1.54) is 4.90 Å². The molecule has 30 heavy (non-hydrogen) atoms. The van der Waals surface area contributed by atoms with E-state index < -0.39 is 0 Å². The van der Waals surface area contributed by atoms with Gasteiger partial charge in [-0.25, -0.2) is 15.0 Å². The highest BCUT2D eigenvalue weighted by molar-refractivity contribution is 5.94. The number of amides is 1. The van der Waals surface area contributed by atoms with Crippen LogP contribution in [0.4, 0.5) is 11.6 Å². The molecule has 0 fully saturated rings. The van der Waals surface area contributed by atoms with Gasteiger partial charge in [0.2, 0.25) is 5.89 Å². The summed E-state index contributed by atoms with van der Waals surface area (Å²) in [5.74, 6) is 0.803. The average molecular weight is 402 g/mol. The minimum atomic E-state index is -0.0826. The molecule has 4 rings (SSSR count). The number of carbonyl (C=O) groups is 1. The SMILES string of the molecule is CN(C)C(=O)c1ccc(-c2cnc(N)c(-c3nnc(-c4ccnc(N)c4)o3)n2)cc1. The van der Waals surface area contributed by atoms with E-state index in [1.807, 2.05) is 0 Å². The summed E-state index contributed by atoms with van der Waals surface area (Å²) in [6.07, 6.45) is 3.09. The highest BCUT2D eigenvalue weighted by Crippen LogP contribution is 2.28. The Morgan fingerprint density at radius 1 is 0.967 bits per heavy atom. The smallest absolute Gasteiger partial charge is 0.270 e. The molecule has 4 N–H and O–H groups in total. The van der Waals surface area contributed by atoms with Crippen molar-refractivity contribution in [3.63, 3.8) is 0 Å². The maximum atomic E-state index is 12.1. The van der Waals surface area contributed by atoms with Crippen LogP contribution in [0.5, 0.6) is 0 Å². The monoisotopic (exact) mass is 402 g/mol. The second-order valence-corrected chi connectivity index (χ2v) is 6.65. The van der Waals surface area contributed by atoms with Crippen molar-refractivity contribution in [3.8, 4) is 34.3 Å². The zero-order valence-corrected chi connectivity index (χ0v) is 16.3. The van der Waals surface area contributed by atoms with E-state index >= 15 is 0 Å². The minimum absolute atomic E-state index is 0.0826. The van der Waals surface area contributed by atoms with Gasteiger partial charge < -0.3 is 20.8 Å². The van der Waals surface area contributed by atoms with Crippen molar-refractivity contribution < 1.29 is 9.21 Å². The number of anilines is 2. The Kier molecular flexibility index (Phi) is 4.80. The number of benzene rings is 1. The molecule has 0 aliphatic carbocycles. The second-order valence-electron chi connectivity index (χ2n) is 6.65. The molecule has 3 aromatic heterocycles. The molecular weight excluding hydrogens is 384 g/mol. The van der Waals surface area contributed by atoms with Crippen LogP contribution in [0.15, 0.2) is 53.2 Å². The summed E-state index contributed by atoms with van der Waals surface area (Å²) < 4.78 is 5.72. The maximum Gasteiger partial charge on any atom is 0.270 e. The van der Waals surface area contributed by atoms with Gasteiger partial charge in [0, 0.05) is 37.0 Å². The van der Waals surface area contributed by atoms with E-state index in [1.54, 1.807) is 62.9 Å². The van der Waals surface area contributed by atoms with E-state index in [9.17, 15) is 4.79 Å². The number of nitrogens with zero attached hydrogens (tertiary/aromatic N) is 6. The molecule has 1 amide bonds. The van der Waals surface area contributed by atoms with Crippen LogP contribution in [0.25, 0.3) is 34.3 Å². The Morgan fingerprint density at radius 3 is 2.40 bits per heavy atom. The topological polar surface area (TPSA) is 150 Å². The summed E-state index contributed by atoms with van der Waals surface area (Å²) in [5.41, 5.74) is 14.5. The Balaban J connectivity index is 1.67. The quantitative estimate of drug-likeness (QED) is 0.523. The summed E-state index contributed by atoms with van der Waals surface area (Å²) in [4.78, 5) is 26.2. The van der Waals surface area contributed by atoms with E-state index in [2.05, 4.69) is 25.1 Å². The number of nitrogens with two attached hydrogens (primary N) is 2. The zero-order valence-electron chi connectivity index (χ0n) is 16.3. The summed E-state index contributed by atoms with van der Waals surface area (Å²) in [7, 11) is 3.40. The third-order valence-electron chi connectivity index (χ3n) is 4.29. The Morgan fingerprint density at radius 2 is 1.70 bits per heavy atom. The second kappa shape index (κ2) is 7.59. The first-order valence-electron chi connectivity index (χ1n) is 8.93. The van der Waals surface area contributed by atoms with E-state index in [-0.39, 0.29) is 29.2 Å². The highest BCUT2D eigenvalue weighted by Gasteiger charge is 2.17. The number of carbonyl (C=O) groups excluding carboxylic acids is 1. The molecule has 0 aliphatic heterocycles. The summed E-state index contributed by atoms with van der Waals surface area (Å²) in [6, 6.07) is 10.4. The van der Waals surface area contributed by atoms with Gasteiger partial charge >= 0.3 is 0 Å². The third-order valence-corrected chi connectivity index (χ3v) is 4.29. The van der Waals surface area contributed by atoms with Crippen LogP contribution in [0, 0.1) is 0 Å². The largest absolute Gasteiger partial charge is 0.414 e. The van der Waals surface area contributed by atoms with Gasteiger partial charge in [0.15, 0.2) is 11.5 Å². The number of rotatable bonds is 4. The van der Waals surface area contributed by atoms with Crippen LogP contribution in [0.3, 0.4) is 0 Å². The molecule has 150 valence electrons. The molecule has 1 aromatic carbocycles. The van der Waals surface area contributed by atoms with E-state index in [0.29, 0.717) is 22.6 Å². The van der Waals surface area contributed by atoms with Crippen LogP contribution in [-0.4, -0.2) is 50.1 Å². The molecule has 0 saturated carbocycles. The van der Waals surface area contributed by atoms with Gasteiger partial charge in [-0.2, -0.15) is 0 Å². The van der Waals surface area contributed by atoms with E-state index in [4.69, 9.17) is 15.9 Å². The molecule has 10 nitrogen and oxygen atoms in total. The average Bonchev–Trinajstić information content (AvgIpc) is 3.24. The van der Waals surface area contributed by atoms with E-state index in [0.717, 1.165) is 5.56 Å². The molecule has 0 saturated heterocycles.